The van der Waals surface area contributed by atoms with Gasteiger partial charge in [0.1, 0.15) is 10.2 Å². The Labute approximate surface area is 180 Å². The second-order valence-corrected chi connectivity index (χ2v) is 8.83. The van der Waals surface area contributed by atoms with E-state index in [0.717, 1.165) is 60.9 Å². The molecule has 6 nitrogen and oxygen atoms in total. The number of benzene rings is 1. The zero-order valence-corrected chi connectivity index (χ0v) is 18.3. The number of rotatable bonds is 9. The van der Waals surface area contributed by atoms with Crippen molar-refractivity contribution in [2.24, 2.45) is 4.99 Å². The molecule has 2 N–H and O–H groups in total. The molecule has 1 saturated heterocycles. The Morgan fingerprint density at radius 3 is 2.79 bits per heavy atom. The van der Waals surface area contributed by atoms with Crippen molar-refractivity contribution in [1.82, 2.24) is 20.5 Å². The third-order valence-corrected chi connectivity index (χ3v) is 6.73. The summed E-state index contributed by atoms with van der Waals surface area (Å²) in [6, 6.07) is 6.91. The lowest BCUT2D eigenvalue weighted by Gasteiger charge is -2.35. The number of halogens is 1. The second-order valence-electron chi connectivity index (χ2n) is 6.60. The molecule has 3 rings (SSSR count). The molecule has 1 fully saturated rings. The van der Waals surface area contributed by atoms with Crippen LogP contribution < -0.4 is 10.6 Å². The summed E-state index contributed by atoms with van der Waals surface area (Å²) in [5.41, 5.74) is 1.09. The number of nitrogens with zero attached hydrogens (tertiary/aromatic N) is 3. The highest BCUT2D eigenvalue weighted by atomic mass is 32.2. The highest BCUT2D eigenvalue weighted by Gasteiger charge is 2.23. The zero-order chi connectivity index (χ0) is 20.3. The molecule has 1 aromatic heterocycles. The summed E-state index contributed by atoms with van der Waals surface area (Å²) in [6.45, 7) is 4.71. The largest absolute Gasteiger partial charge is 0.379 e. The highest BCUT2D eigenvalue weighted by Crippen LogP contribution is 2.22. The van der Waals surface area contributed by atoms with E-state index in [1.54, 1.807) is 30.1 Å². The van der Waals surface area contributed by atoms with Gasteiger partial charge in [0.2, 0.25) is 0 Å². The lowest BCUT2D eigenvalue weighted by Crippen LogP contribution is -2.46. The Morgan fingerprint density at radius 1 is 1.31 bits per heavy atom. The zero-order valence-electron chi connectivity index (χ0n) is 16.6. The number of guanidine groups is 1. The number of morpholine rings is 1. The van der Waals surface area contributed by atoms with Crippen LogP contribution in [-0.4, -0.2) is 68.0 Å². The minimum absolute atomic E-state index is 0.138. The smallest absolute Gasteiger partial charge is 0.191 e. The van der Waals surface area contributed by atoms with Gasteiger partial charge in [0.15, 0.2) is 5.96 Å². The fourth-order valence-electron chi connectivity index (χ4n) is 3.17. The summed E-state index contributed by atoms with van der Waals surface area (Å²) in [7, 11) is 1.78. The predicted octanol–water partition coefficient (Wildman–Crippen LogP) is 3.00. The van der Waals surface area contributed by atoms with Crippen molar-refractivity contribution in [3.63, 3.8) is 0 Å². The summed E-state index contributed by atoms with van der Waals surface area (Å²) in [5.74, 6) is 1.59. The van der Waals surface area contributed by atoms with Crippen LogP contribution in [0.3, 0.4) is 0 Å². The molecule has 1 unspecified atom stereocenters. The van der Waals surface area contributed by atoms with Crippen molar-refractivity contribution in [2.45, 2.75) is 16.8 Å². The van der Waals surface area contributed by atoms with E-state index in [2.05, 4.69) is 25.5 Å². The predicted molar refractivity (Wildman–Crippen MR) is 118 cm³/mol. The molecule has 2 heterocycles. The average Bonchev–Trinajstić information content (AvgIpc) is 3.27. The normalized spacial score (nSPS) is 16.6. The minimum Gasteiger partial charge on any atom is -0.379 e. The van der Waals surface area contributed by atoms with Gasteiger partial charge in [-0.25, -0.2) is 9.37 Å². The minimum atomic E-state index is -0.212. The average molecular weight is 438 g/mol. The monoisotopic (exact) mass is 437 g/mol. The van der Waals surface area contributed by atoms with Crippen LogP contribution in [0.25, 0.3) is 0 Å². The van der Waals surface area contributed by atoms with E-state index in [9.17, 15) is 4.39 Å². The lowest BCUT2D eigenvalue weighted by atomic mass is 10.0. The first kappa shape index (κ1) is 22.0. The first-order valence-corrected chi connectivity index (χ1v) is 11.7. The molecule has 0 spiro atoms. The maximum Gasteiger partial charge on any atom is 0.191 e. The Bertz CT molecular complexity index is 736. The summed E-state index contributed by atoms with van der Waals surface area (Å²) >= 11 is 3.45. The lowest BCUT2D eigenvalue weighted by molar-refractivity contribution is 0.0170. The van der Waals surface area contributed by atoms with Crippen molar-refractivity contribution >= 4 is 29.1 Å². The SMILES string of the molecule is CN=C(NCCCSc1nccs1)NCC(c1ccc(F)cc1)N1CCOCC1. The van der Waals surface area contributed by atoms with Gasteiger partial charge in [-0.2, -0.15) is 0 Å². The standard InChI is InChI=1S/C20H28FN5OS2/c1-22-19(23-7-2-13-28-20-24-8-14-29-20)25-15-18(26-9-11-27-12-10-26)16-3-5-17(21)6-4-16/h3-6,8,14,18H,2,7,9-13,15H2,1H3,(H2,22,23,25). The first-order chi connectivity index (χ1) is 14.3. The molecule has 2 aromatic rings. The third kappa shape index (κ3) is 7.26. The van der Waals surface area contributed by atoms with Gasteiger partial charge in [-0.3, -0.25) is 9.89 Å². The number of thioether (sulfide) groups is 1. The number of aliphatic imine (C=N–C) groups is 1. The molecule has 1 atom stereocenters. The van der Waals surface area contributed by atoms with Gasteiger partial charge in [-0.15, -0.1) is 11.3 Å². The summed E-state index contributed by atoms with van der Waals surface area (Å²) in [5, 5.41) is 8.80. The van der Waals surface area contributed by atoms with Crippen molar-refractivity contribution < 1.29 is 9.13 Å². The van der Waals surface area contributed by atoms with Gasteiger partial charge >= 0.3 is 0 Å². The Morgan fingerprint density at radius 2 is 2.10 bits per heavy atom. The summed E-state index contributed by atoms with van der Waals surface area (Å²) in [6.07, 6.45) is 2.86. The molecule has 1 aliphatic heterocycles. The van der Waals surface area contributed by atoms with Gasteiger partial charge in [0, 0.05) is 50.6 Å². The van der Waals surface area contributed by atoms with Crippen LogP contribution in [0.5, 0.6) is 0 Å². The second kappa shape index (κ2) is 12.1. The molecule has 9 heteroatoms. The van der Waals surface area contributed by atoms with Gasteiger partial charge in [-0.05, 0) is 24.1 Å². The maximum absolute atomic E-state index is 13.4. The first-order valence-electron chi connectivity index (χ1n) is 9.80. The van der Waals surface area contributed by atoms with Crippen molar-refractivity contribution in [1.29, 1.82) is 0 Å². The number of hydrogen-bond donors (Lipinski definition) is 2. The van der Waals surface area contributed by atoms with Crippen LogP contribution in [0.1, 0.15) is 18.0 Å². The van der Waals surface area contributed by atoms with Gasteiger partial charge < -0.3 is 15.4 Å². The Kier molecular flexibility index (Phi) is 9.20. The molecule has 0 radical (unpaired) electrons. The molecule has 1 aromatic carbocycles. The Balaban J connectivity index is 1.48. The highest BCUT2D eigenvalue weighted by molar-refractivity contribution is 8.00. The van der Waals surface area contributed by atoms with E-state index < -0.39 is 0 Å². The number of thiazole rings is 1. The van der Waals surface area contributed by atoms with Crippen molar-refractivity contribution in [2.75, 3.05) is 52.2 Å². The molecule has 0 saturated carbocycles. The molecular formula is C20H28FN5OS2. The summed E-state index contributed by atoms with van der Waals surface area (Å²) < 4.78 is 20.0. The van der Waals surface area contributed by atoms with Crippen molar-refractivity contribution in [3.05, 3.63) is 47.2 Å². The fourth-order valence-corrected chi connectivity index (χ4v) is 4.81. The van der Waals surface area contributed by atoms with Gasteiger partial charge in [-0.1, -0.05) is 23.9 Å². The van der Waals surface area contributed by atoms with E-state index in [4.69, 9.17) is 4.74 Å². The summed E-state index contributed by atoms with van der Waals surface area (Å²) in [4.78, 5) is 11.0. The molecule has 1 aliphatic rings. The van der Waals surface area contributed by atoms with Gasteiger partial charge in [0.05, 0.1) is 19.3 Å². The van der Waals surface area contributed by atoms with Crippen LogP contribution in [0.15, 0.2) is 45.2 Å². The molecule has 158 valence electrons. The molecule has 0 amide bonds. The maximum atomic E-state index is 13.4. The van der Waals surface area contributed by atoms with E-state index in [0.29, 0.717) is 6.54 Å². The quantitative estimate of drug-likeness (QED) is 0.272. The topological polar surface area (TPSA) is 61.8 Å². The van der Waals surface area contributed by atoms with E-state index in [1.165, 1.54) is 12.1 Å². The van der Waals surface area contributed by atoms with Crippen LogP contribution in [0.4, 0.5) is 4.39 Å². The van der Waals surface area contributed by atoms with Crippen LogP contribution >= 0.6 is 23.1 Å². The molecule has 0 aliphatic carbocycles. The van der Waals surface area contributed by atoms with Gasteiger partial charge in [0.25, 0.3) is 0 Å². The molecular weight excluding hydrogens is 409 g/mol. The molecule has 0 bridgehead atoms. The number of ether oxygens (including phenoxy) is 1. The number of hydrogen-bond acceptors (Lipinski definition) is 6. The van der Waals surface area contributed by atoms with Crippen molar-refractivity contribution in [3.8, 4) is 0 Å². The Hall–Kier alpha value is -1.68. The fraction of sp³-hybridized carbons (Fsp3) is 0.500. The molecule has 29 heavy (non-hydrogen) atoms. The van der Waals surface area contributed by atoms with Crippen LogP contribution in [0, 0.1) is 5.82 Å². The van der Waals surface area contributed by atoms with E-state index in [1.807, 2.05) is 23.7 Å². The number of aromatic nitrogens is 1. The number of nitrogens with one attached hydrogen (secondary N) is 2. The van der Waals surface area contributed by atoms with Crippen LogP contribution in [-0.2, 0) is 4.74 Å². The third-order valence-electron chi connectivity index (χ3n) is 4.68. The van der Waals surface area contributed by atoms with E-state index >= 15 is 0 Å². The van der Waals surface area contributed by atoms with Crippen LogP contribution in [0.2, 0.25) is 0 Å². The van der Waals surface area contributed by atoms with E-state index in [-0.39, 0.29) is 11.9 Å².